The molecule has 0 radical (unpaired) electrons. The largest absolute Gasteiger partial charge is 0.394 e. The Kier molecular flexibility index (Phi) is 6.74. The quantitative estimate of drug-likeness (QED) is 0.478. The van der Waals surface area contributed by atoms with Crippen LogP contribution in [0.25, 0.3) is 0 Å². The van der Waals surface area contributed by atoms with E-state index >= 15 is 0 Å². The normalized spacial score (nSPS) is 14.4. The van der Waals surface area contributed by atoms with Crippen molar-refractivity contribution in [3.63, 3.8) is 0 Å². The summed E-state index contributed by atoms with van der Waals surface area (Å²) in [7, 11) is 0. The third kappa shape index (κ3) is 5.50. The number of hydrogen-bond acceptors (Lipinski definition) is 6. The molecule has 1 aromatic heterocycles. The summed E-state index contributed by atoms with van der Waals surface area (Å²) >= 11 is 0. The van der Waals surface area contributed by atoms with Gasteiger partial charge in [0.15, 0.2) is 0 Å². The Balaban J connectivity index is 2.37. The van der Waals surface area contributed by atoms with E-state index in [9.17, 15) is 10.2 Å². The van der Waals surface area contributed by atoms with Crippen molar-refractivity contribution in [2.45, 2.75) is 37.9 Å². The van der Waals surface area contributed by atoms with Crippen LogP contribution < -0.4 is 0 Å². The molecule has 0 saturated heterocycles. The number of aryl methyl sites for hydroxylation is 2. The van der Waals surface area contributed by atoms with Crippen LogP contribution in [0.2, 0.25) is 0 Å². The SMILES string of the molecule is OCC(O)CCc1cnc(CCC(O)CO)cn1. The molecule has 0 bridgehead atoms. The first-order chi connectivity index (χ1) is 8.65. The molecule has 0 fully saturated rings. The van der Waals surface area contributed by atoms with Gasteiger partial charge in [0, 0.05) is 12.4 Å². The summed E-state index contributed by atoms with van der Waals surface area (Å²) in [5.41, 5.74) is 1.52. The molecule has 1 heterocycles. The van der Waals surface area contributed by atoms with Crippen molar-refractivity contribution < 1.29 is 20.4 Å². The minimum absolute atomic E-state index is 0.245. The van der Waals surface area contributed by atoms with Crippen LogP contribution in [0.1, 0.15) is 24.2 Å². The zero-order chi connectivity index (χ0) is 13.4. The zero-order valence-corrected chi connectivity index (χ0v) is 10.2. The Labute approximate surface area is 106 Å². The molecule has 18 heavy (non-hydrogen) atoms. The molecule has 0 spiro atoms. The third-order valence-electron chi connectivity index (χ3n) is 2.65. The van der Waals surface area contributed by atoms with Crippen LogP contribution in [0, 0.1) is 0 Å². The summed E-state index contributed by atoms with van der Waals surface area (Å²) in [5.74, 6) is 0. The molecule has 0 aliphatic carbocycles. The van der Waals surface area contributed by atoms with Gasteiger partial charge in [-0.2, -0.15) is 0 Å². The van der Waals surface area contributed by atoms with E-state index in [4.69, 9.17) is 10.2 Å². The molecule has 4 N–H and O–H groups in total. The van der Waals surface area contributed by atoms with Gasteiger partial charge in [-0.1, -0.05) is 0 Å². The molecule has 2 unspecified atom stereocenters. The van der Waals surface area contributed by atoms with E-state index in [-0.39, 0.29) is 13.2 Å². The fourth-order valence-electron chi connectivity index (χ4n) is 1.45. The summed E-state index contributed by atoms with van der Waals surface area (Å²) in [4.78, 5) is 8.38. The van der Waals surface area contributed by atoms with Crippen molar-refractivity contribution in [2.75, 3.05) is 13.2 Å². The molecule has 0 aromatic carbocycles. The Morgan fingerprint density at radius 3 is 1.50 bits per heavy atom. The van der Waals surface area contributed by atoms with Gasteiger partial charge < -0.3 is 20.4 Å². The van der Waals surface area contributed by atoms with E-state index in [1.807, 2.05) is 0 Å². The lowest BCUT2D eigenvalue weighted by atomic mass is 10.1. The van der Waals surface area contributed by atoms with Gasteiger partial charge in [-0.05, 0) is 25.7 Å². The van der Waals surface area contributed by atoms with E-state index < -0.39 is 12.2 Å². The second kappa shape index (κ2) is 8.10. The summed E-state index contributed by atoms with van der Waals surface area (Å²) < 4.78 is 0. The molecule has 1 aromatic rings. The van der Waals surface area contributed by atoms with Gasteiger partial charge in [-0.25, -0.2) is 0 Å². The second-order valence-electron chi connectivity index (χ2n) is 4.25. The third-order valence-corrected chi connectivity index (χ3v) is 2.65. The van der Waals surface area contributed by atoms with Gasteiger partial charge >= 0.3 is 0 Å². The fourth-order valence-corrected chi connectivity index (χ4v) is 1.45. The van der Waals surface area contributed by atoms with Gasteiger partial charge in [-0.15, -0.1) is 0 Å². The number of aliphatic hydroxyl groups is 4. The fraction of sp³-hybridized carbons (Fsp3) is 0.667. The zero-order valence-electron chi connectivity index (χ0n) is 10.2. The molecule has 0 amide bonds. The minimum Gasteiger partial charge on any atom is -0.394 e. The van der Waals surface area contributed by atoms with Crippen molar-refractivity contribution in [1.82, 2.24) is 9.97 Å². The van der Waals surface area contributed by atoms with Crippen LogP contribution in [0.5, 0.6) is 0 Å². The summed E-state index contributed by atoms with van der Waals surface area (Å²) in [6.07, 6.45) is 3.86. The van der Waals surface area contributed by atoms with Gasteiger partial charge in [0.1, 0.15) is 0 Å². The van der Waals surface area contributed by atoms with Crippen LogP contribution in [0.15, 0.2) is 12.4 Å². The summed E-state index contributed by atoms with van der Waals surface area (Å²) in [6, 6.07) is 0. The summed E-state index contributed by atoms with van der Waals surface area (Å²) in [6.45, 7) is -0.491. The van der Waals surface area contributed by atoms with Crippen LogP contribution >= 0.6 is 0 Å². The topological polar surface area (TPSA) is 107 Å². The van der Waals surface area contributed by atoms with Gasteiger partial charge in [0.2, 0.25) is 0 Å². The Hall–Kier alpha value is -1.08. The lowest BCUT2D eigenvalue weighted by Crippen LogP contribution is -2.14. The first kappa shape index (κ1) is 15.0. The average molecular weight is 256 g/mol. The highest BCUT2D eigenvalue weighted by Crippen LogP contribution is 2.05. The highest BCUT2D eigenvalue weighted by molar-refractivity contribution is 5.03. The molecule has 0 aliphatic heterocycles. The van der Waals surface area contributed by atoms with E-state index in [0.29, 0.717) is 25.7 Å². The number of hydrogen-bond donors (Lipinski definition) is 4. The molecule has 1 rings (SSSR count). The van der Waals surface area contributed by atoms with Gasteiger partial charge in [-0.3, -0.25) is 9.97 Å². The maximum Gasteiger partial charge on any atom is 0.0774 e. The predicted molar refractivity (Wildman–Crippen MR) is 64.9 cm³/mol. The van der Waals surface area contributed by atoms with E-state index in [2.05, 4.69) is 9.97 Å². The number of aromatic nitrogens is 2. The summed E-state index contributed by atoms with van der Waals surface area (Å²) in [5, 5.41) is 35.7. The first-order valence-electron chi connectivity index (χ1n) is 6.03. The monoisotopic (exact) mass is 256 g/mol. The lowest BCUT2D eigenvalue weighted by molar-refractivity contribution is 0.0880. The van der Waals surface area contributed by atoms with Crippen molar-refractivity contribution >= 4 is 0 Å². The van der Waals surface area contributed by atoms with Crippen molar-refractivity contribution in [3.05, 3.63) is 23.8 Å². The van der Waals surface area contributed by atoms with Gasteiger partial charge in [0.05, 0.1) is 36.8 Å². The van der Waals surface area contributed by atoms with E-state index in [1.165, 1.54) is 0 Å². The van der Waals surface area contributed by atoms with Crippen LogP contribution in [0.4, 0.5) is 0 Å². The smallest absolute Gasteiger partial charge is 0.0774 e. The van der Waals surface area contributed by atoms with Crippen molar-refractivity contribution in [3.8, 4) is 0 Å². The Morgan fingerprint density at radius 1 is 0.833 bits per heavy atom. The second-order valence-corrected chi connectivity index (χ2v) is 4.25. The molecule has 6 heteroatoms. The predicted octanol–water partition coefficient (Wildman–Crippen LogP) is -0.952. The van der Waals surface area contributed by atoms with Crippen molar-refractivity contribution in [1.29, 1.82) is 0 Å². The molecular formula is C12H20N2O4. The van der Waals surface area contributed by atoms with Crippen LogP contribution in [-0.2, 0) is 12.8 Å². The molecule has 2 atom stereocenters. The van der Waals surface area contributed by atoms with Crippen LogP contribution in [-0.4, -0.2) is 55.8 Å². The maximum absolute atomic E-state index is 9.20. The Bertz CT molecular complexity index is 298. The van der Waals surface area contributed by atoms with E-state index in [0.717, 1.165) is 11.4 Å². The standard InChI is InChI=1S/C12H20N2O4/c15-7-11(17)3-1-9-5-14-10(6-13-9)2-4-12(18)8-16/h5-6,11-12,15-18H,1-4,7-8H2. The molecule has 0 aliphatic rings. The molecule has 6 nitrogen and oxygen atoms in total. The molecular weight excluding hydrogens is 236 g/mol. The molecule has 102 valence electrons. The number of aliphatic hydroxyl groups excluding tert-OH is 4. The Morgan fingerprint density at radius 2 is 1.22 bits per heavy atom. The highest BCUT2D eigenvalue weighted by atomic mass is 16.3. The average Bonchev–Trinajstić information content (AvgIpc) is 2.43. The maximum atomic E-state index is 9.20. The number of rotatable bonds is 8. The highest BCUT2D eigenvalue weighted by Gasteiger charge is 2.06. The first-order valence-corrected chi connectivity index (χ1v) is 6.03. The number of nitrogens with zero attached hydrogens (tertiary/aromatic N) is 2. The van der Waals surface area contributed by atoms with Crippen LogP contribution in [0.3, 0.4) is 0 Å². The minimum atomic E-state index is -0.717. The van der Waals surface area contributed by atoms with Gasteiger partial charge in [0.25, 0.3) is 0 Å². The van der Waals surface area contributed by atoms with E-state index in [1.54, 1.807) is 12.4 Å². The molecule has 0 saturated carbocycles. The lowest BCUT2D eigenvalue weighted by Gasteiger charge is -2.07. The van der Waals surface area contributed by atoms with Crippen molar-refractivity contribution in [2.24, 2.45) is 0 Å².